The van der Waals surface area contributed by atoms with E-state index < -0.39 is 29.7 Å². The average Bonchev–Trinajstić information content (AvgIpc) is 2.74. The first-order chi connectivity index (χ1) is 14.7. The van der Waals surface area contributed by atoms with Crippen LogP contribution in [0.3, 0.4) is 0 Å². The van der Waals surface area contributed by atoms with E-state index in [9.17, 15) is 27.9 Å². The largest absolute Gasteiger partial charge is 0.480 e. The molecule has 0 aliphatic carbocycles. The minimum atomic E-state index is -4.45. The van der Waals surface area contributed by atoms with Crippen molar-refractivity contribution in [2.75, 3.05) is 0 Å². The molecule has 0 radical (unpaired) electrons. The molecule has 4 nitrogen and oxygen atoms in total. The molecule has 7 heteroatoms. The number of benzene rings is 3. The molecule has 3 aromatic rings. The Hall–Kier alpha value is -3.61. The van der Waals surface area contributed by atoms with Gasteiger partial charge in [0, 0.05) is 6.42 Å². The molecule has 0 aliphatic heterocycles. The number of nitrogens with one attached hydrogen (secondary N) is 1. The van der Waals surface area contributed by atoms with Crippen molar-refractivity contribution in [1.82, 2.24) is 5.32 Å². The zero-order chi connectivity index (χ0) is 22.4. The van der Waals surface area contributed by atoms with Crippen LogP contribution in [0.2, 0.25) is 0 Å². The number of hydrogen-bond acceptors (Lipinski definition) is 2. The van der Waals surface area contributed by atoms with Gasteiger partial charge < -0.3 is 10.4 Å². The molecule has 0 fully saturated rings. The maximum Gasteiger partial charge on any atom is 0.416 e. The number of carbonyl (C=O) groups excluding carboxylic acids is 1. The highest BCUT2D eigenvalue weighted by Gasteiger charge is 2.30. The molecule has 0 aliphatic rings. The summed E-state index contributed by atoms with van der Waals surface area (Å²) in [6.45, 7) is 0. The van der Waals surface area contributed by atoms with E-state index in [0.29, 0.717) is 5.56 Å². The third kappa shape index (κ3) is 6.18. The van der Waals surface area contributed by atoms with Gasteiger partial charge in [0.2, 0.25) is 5.91 Å². The fourth-order valence-electron chi connectivity index (χ4n) is 3.14. The van der Waals surface area contributed by atoms with E-state index in [1.165, 1.54) is 12.1 Å². The SMILES string of the molecule is O=C(Cc1ccc(C(F)(F)F)cc1)N[C@H](Cc1ccc(-c2ccccc2)cc1)C(=O)O. The van der Waals surface area contributed by atoms with Crippen LogP contribution < -0.4 is 5.32 Å². The Bertz CT molecular complexity index is 1030. The second kappa shape index (κ2) is 9.47. The van der Waals surface area contributed by atoms with Gasteiger partial charge in [-0.1, -0.05) is 66.7 Å². The highest BCUT2D eigenvalue weighted by atomic mass is 19.4. The molecule has 0 spiro atoms. The summed E-state index contributed by atoms with van der Waals surface area (Å²) in [6, 6.07) is 20.1. The first kappa shape index (κ1) is 22.1. The Morgan fingerprint density at radius 2 is 1.35 bits per heavy atom. The Morgan fingerprint density at radius 3 is 1.90 bits per heavy atom. The van der Waals surface area contributed by atoms with E-state index in [-0.39, 0.29) is 12.8 Å². The van der Waals surface area contributed by atoms with Crippen LogP contribution in [0.15, 0.2) is 78.9 Å². The molecule has 0 saturated carbocycles. The third-order valence-corrected chi connectivity index (χ3v) is 4.78. The number of carboxylic acids is 1. The number of alkyl halides is 3. The summed E-state index contributed by atoms with van der Waals surface area (Å²) in [7, 11) is 0. The van der Waals surface area contributed by atoms with E-state index in [0.717, 1.165) is 28.8 Å². The number of halogens is 3. The van der Waals surface area contributed by atoms with Gasteiger partial charge in [0.15, 0.2) is 0 Å². The molecule has 3 rings (SSSR count). The first-order valence-corrected chi connectivity index (χ1v) is 9.55. The van der Waals surface area contributed by atoms with Crippen molar-refractivity contribution in [1.29, 1.82) is 0 Å². The smallest absolute Gasteiger partial charge is 0.416 e. The van der Waals surface area contributed by atoms with Crippen molar-refractivity contribution < 1.29 is 27.9 Å². The monoisotopic (exact) mass is 427 g/mol. The van der Waals surface area contributed by atoms with Crippen LogP contribution in [-0.2, 0) is 28.6 Å². The van der Waals surface area contributed by atoms with Gasteiger partial charge >= 0.3 is 12.1 Å². The molecule has 3 aromatic carbocycles. The molecule has 31 heavy (non-hydrogen) atoms. The van der Waals surface area contributed by atoms with E-state index in [4.69, 9.17) is 0 Å². The summed E-state index contributed by atoms with van der Waals surface area (Å²) in [5, 5.41) is 11.9. The second-order valence-corrected chi connectivity index (χ2v) is 7.10. The number of hydrogen-bond donors (Lipinski definition) is 2. The maximum atomic E-state index is 12.6. The molecule has 1 atom stereocenters. The Morgan fingerprint density at radius 1 is 0.806 bits per heavy atom. The summed E-state index contributed by atoms with van der Waals surface area (Å²) in [5.41, 5.74) is 2.32. The van der Waals surface area contributed by atoms with Crippen LogP contribution >= 0.6 is 0 Å². The predicted molar refractivity (Wildman–Crippen MR) is 110 cm³/mol. The molecule has 0 bridgehead atoms. The number of carboxylic acid groups (broad SMARTS) is 1. The van der Waals surface area contributed by atoms with Gasteiger partial charge in [-0.2, -0.15) is 13.2 Å². The molecule has 2 N–H and O–H groups in total. The lowest BCUT2D eigenvalue weighted by Crippen LogP contribution is -2.43. The molecule has 0 saturated heterocycles. The minimum Gasteiger partial charge on any atom is -0.480 e. The van der Waals surface area contributed by atoms with Gasteiger partial charge in [0.25, 0.3) is 0 Å². The van der Waals surface area contributed by atoms with Gasteiger partial charge in [0.05, 0.1) is 12.0 Å². The van der Waals surface area contributed by atoms with E-state index in [2.05, 4.69) is 5.32 Å². The summed E-state index contributed by atoms with van der Waals surface area (Å²) >= 11 is 0. The molecule has 0 aromatic heterocycles. The van der Waals surface area contributed by atoms with Crippen LogP contribution in [0, 0.1) is 0 Å². The predicted octanol–water partition coefficient (Wildman–Crippen LogP) is 4.73. The number of amides is 1. The normalized spacial score (nSPS) is 12.2. The Labute approximate surface area is 177 Å². The number of carbonyl (C=O) groups is 2. The van der Waals surface area contributed by atoms with Crippen molar-refractivity contribution in [2.45, 2.75) is 25.1 Å². The quantitative estimate of drug-likeness (QED) is 0.573. The highest BCUT2D eigenvalue weighted by molar-refractivity contribution is 5.85. The Balaban J connectivity index is 1.62. The standard InChI is InChI=1S/C24H20F3NO3/c25-24(26,27)20-12-8-17(9-13-20)15-22(29)28-21(23(30)31)14-16-6-10-19(11-7-16)18-4-2-1-3-5-18/h1-13,21H,14-15H2,(H,28,29)(H,30,31)/t21-/m1/s1. The molecule has 0 unspecified atom stereocenters. The fourth-order valence-corrected chi connectivity index (χ4v) is 3.14. The lowest BCUT2D eigenvalue weighted by Gasteiger charge is -2.15. The van der Waals surface area contributed by atoms with Gasteiger partial charge in [-0.25, -0.2) is 4.79 Å². The van der Waals surface area contributed by atoms with Crippen molar-refractivity contribution in [2.24, 2.45) is 0 Å². The highest BCUT2D eigenvalue weighted by Crippen LogP contribution is 2.29. The molecule has 0 heterocycles. The summed E-state index contributed by atoms with van der Waals surface area (Å²) in [6.07, 6.45) is -4.58. The van der Waals surface area contributed by atoms with Crippen LogP contribution in [0.5, 0.6) is 0 Å². The lowest BCUT2D eigenvalue weighted by molar-refractivity contribution is -0.141. The zero-order valence-electron chi connectivity index (χ0n) is 16.4. The number of aliphatic carboxylic acids is 1. The van der Waals surface area contributed by atoms with Crippen molar-refractivity contribution in [3.63, 3.8) is 0 Å². The second-order valence-electron chi connectivity index (χ2n) is 7.10. The third-order valence-electron chi connectivity index (χ3n) is 4.78. The van der Waals surface area contributed by atoms with Crippen LogP contribution in [-0.4, -0.2) is 23.0 Å². The van der Waals surface area contributed by atoms with Crippen LogP contribution in [0.4, 0.5) is 13.2 Å². The van der Waals surface area contributed by atoms with Crippen molar-refractivity contribution in [3.8, 4) is 11.1 Å². The molecular weight excluding hydrogens is 407 g/mol. The summed E-state index contributed by atoms with van der Waals surface area (Å²) in [4.78, 5) is 23.8. The average molecular weight is 427 g/mol. The minimum absolute atomic E-state index is 0.0865. The number of rotatable bonds is 7. The molecule has 1 amide bonds. The summed E-state index contributed by atoms with van der Waals surface area (Å²) in [5.74, 6) is -1.76. The summed E-state index contributed by atoms with van der Waals surface area (Å²) < 4.78 is 37.9. The van der Waals surface area contributed by atoms with E-state index in [1.807, 2.05) is 42.5 Å². The maximum absolute atomic E-state index is 12.6. The zero-order valence-corrected chi connectivity index (χ0v) is 16.4. The van der Waals surface area contributed by atoms with Crippen LogP contribution in [0.1, 0.15) is 16.7 Å². The van der Waals surface area contributed by atoms with E-state index >= 15 is 0 Å². The van der Waals surface area contributed by atoms with Gasteiger partial charge in [-0.3, -0.25) is 4.79 Å². The molecular formula is C24H20F3NO3. The van der Waals surface area contributed by atoms with Gasteiger partial charge in [0.1, 0.15) is 6.04 Å². The van der Waals surface area contributed by atoms with Gasteiger partial charge in [-0.05, 0) is 34.4 Å². The van der Waals surface area contributed by atoms with Gasteiger partial charge in [-0.15, -0.1) is 0 Å². The van der Waals surface area contributed by atoms with Crippen LogP contribution in [0.25, 0.3) is 11.1 Å². The lowest BCUT2D eigenvalue weighted by atomic mass is 10.0. The first-order valence-electron chi connectivity index (χ1n) is 9.55. The topological polar surface area (TPSA) is 66.4 Å². The van der Waals surface area contributed by atoms with Crippen molar-refractivity contribution in [3.05, 3.63) is 95.6 Å². The van der Waals surface area contributed by atoms with Crippen molar-refractivity contribution >= 4 is 11.9 Å². The molecule has 160 valence electrons. The fraction of sp³-hybridized carbons (Fsp3) is 0.167. The Kier molecular flexibility index (Phi) is 6.74. The van der Waals surface area contributed by atoms with E-state index in [1.54, 1.807) is 12.1 Å².